The fourth-order valence-electron chi connectivity index (χ4n) is 10.1. The van der Waals surface area contributed by atoms with Gasteiger partial charge in [0.05, 0.1) is 32.7 Å². The van der Waals surface area contributed by atoms with Gasteiger partial charge in [0.15, 0.2) is 4.90 Å². The van der Waals surface area contributed by atoms with E-state index in [2.05, 4.69) is 18.8 Å². The fraction of sp³-hybridized carbons (Fsp3) is 0.480. The van der Waals surface area contributed by atoms with E-state index in [1.807, 2.05) is 0 Å². The second kappa shape index (κ2) is 20.6. The van der Waals surface area contributed by atoms with Gasteiger partial charge in [-0.2, -0.15) is 4.31 Å². The van der Waals surface area contributed by atoms with Gasteiger partial charge in [0, 0.05) is 51.5 Å². The number of nitrogens with zero attached hydrogens (tertiary/aromatic N) is 6. The van der Waals surface area contributed by atoms with Crippen molar-refractivity contribution in [1.29, 1.82) is 0 Å². The lowest BCUT2D eigenvalue weighted by Crippen LogP contribution is -2.33. The minimum atomic E-state index is -4.57. The molecule has 8 rings (SSSR count). The second-order valence-electron chi connectivity index (χ2n) is 18.5. The smallest absolute Gasteiger partial charge is 0.291 e. The second-order valence-corrected chi connectivity index (χ2v) is 21.9. The van der Waals surface area contributed by atoms with E-state index in [0.29, 0.717) is 40.2 Å². The minimum absolute atomic E-state index is 0.00317. The van der Waals surface area contributed by atoms with Crippen molar-refractivity contribution < 1.29 is 21.8 Å². The Labute approximate surface area is 395 Å². The van der Waals surface area contributed by atoms with Crippen LogP contribution in [0.25, 0.3) is 65.7 Å². The molecule has 68 heavy (non-hydrogen) atoms. The number of unbranched alkanes of at least 4 members (excludes halogenated alkanes) is 18. The molecule has 0 fully saturated rings. The number of nitro groups is 1. The normalized spacial score (nSPS) is 12.8. The molecule has 362 valence electrons. The molecule has 4 aromatic carbocycles. The average Bonchev–Trinajstić information content (AvgIpc) is 3.88. The zero-order valence-corrected chi connectivity index (χ0v) is 40.7. The Balaban J connectivity index is 1.14. The summed E-state index contributed by atoms with van der Waals surface area (Å²) in [5, 5.41) is 19.4. The predicted molar refractivity (Wildman–Crippen MR) is 271 cm³/mol. The number of fused-ring (bicyclic) bond motifs is 8. The maximum absolute atomic E-state index is 14.8. The molecule has 4 heterocycles. The summed E-state index contributed by atoms with van der Waals surface area (Å²) >= 11 is 0. The van der Waals surface area contributed by atoms with Crippen LogP contribution in [0.15, 0.2) is 67.9 Å². The van der Waals surface area contributed by atoms with Crippen molar-refractivity contribution in [1.82, 2.24) is 23.1 Å². The highest BCUT2D eigenvalue weighted by Gasteiger charge is 2.30. The van der Waals surface area contributed by atoms with Crippen molar-refractivity contribution in [2.24, 2.45) is 5.14 Å². The summed E-state index contributed by atoms with van der Waals surface area (Å²) in [6, 6.07) is 11.4. The summed E-state index contributed by atoms with van der Waals surface area (Å²) in [7, 11) is -8.68. The summed E-state index contributed by atoms with van der Waals surface area (Å²) in [5.41, 5.74) is 5.72. The van der Waals surface area contributed by atoms with Crippen molar-refractivity contribution in [3.8, 4) is 0 Å². The molecule has 8 aromatic rings. The van der Waals surface area contributed by atoms with E-state index < -0.39 is 46.7 Å². The lowest BCUT2D eigenvalue weighted by Gasteiger charge is -2.23. The van der Waals surface area contributed by atoms with Gasteiger partial charge in [0.2, 0.25) is 20.0 Å². The van der Waals surface area contributed by atoms with E-state index >= 15 is 0 Å². The van der Waals surface area contributed by atoms with Gasteiger partial charge in [-0.05, 0) is 55.3 Å². The molecule has 0 atom stereocenters. The largest absolute Gasteiger partial charge is 0.398 e. The van der Waals surface area contributed by atoms with Crippen molar-refractivity contribution in [2.75, 3.05) is 18.8 Å². The minimum Gasteiger partial charge on any atom is -0.398 e. The standard InChI is InChI=1S/C50H62N8O8S2/c1-3-5-7-9-11-13-15-17-19-21-27-55(28-22-20-18-16-14-12-10-8-6-4-2)68(65,66)43-31-40-38(29-37(43)51)53-47-33-23-25-36-46-34(24-26-35(45(33)46)49(59)56(40)47)48-54-39-30-42(58(61)62)44(67(52,63)64)32-41(39)57(48)50(36)60/h23-26,29-32H,3-22,27-28,51H2,1-2H3,(H2,52,63,64). The van der Waals surface area contributed by atoms with Crippen molar-refractivity contribution >= 4 is 97.1 Å². The zero-order chi connectivity index (χ0) is 48.3. The summed E-state index contributed by atoms with van der Waals surface area (Å²) in [5.74, 6) is 0. The highest BCUT2D eigenvalue weighted by molar-refractivity contribution is 7.89. The third-order valence-electron chi connectivity index (χ3n) is 13.7. The van der Waals surface area contributed by atoms with Gasteiger partial charge in [-0.1, -0.05) is 129 Å². The number of nitro benzene ring substituents is 1. The first kappa shape index (κ1) is 48.9. The van der Waals surface area contributed by atoms with Crippen molar-refractivity contribution in [3.63, 3.8) is 0 Å². The molecule has 0 aliphatic carbocycles. The number of nitrogen functional groups attached to an aromatic ring is 1. The van der Waals surface area contributed by atoms with Crippen LogP contribution in [-0.4, -0.2) is 57.9 Å². The first-order valence-corrected chi connectivity index (χ1v) is 27.4. The van der Waals surface area contributed by atoms with E-state index in [9.17, 15) is 36.5 Å². The van der Waals surface area contributed by atoms with Crippen LogP contribution < -0.4 is 22.0 Å². The Bertz CT molecular complexity index is 3480. The number of pyridine rings is 2. The number of hydrogen-bond acceptors (Lipinski definition) is 11. The van der Waals surface area contributed by atoms with Crippen LogP contribution in [0.4, 0.5) is 11.4 Å². The van der Waals surface area contributed by atoms with E-state index in [1.165, 1.54) is 98.0 Å². The molecule has 0 radical (unpaired) electrons. The molecule has 0 saturated carbocycles. The maximum atomic E-state index is 14.8. The number of anilines is 1. The molecular weight excluding hydrogens is 905 g/mol. The predicted octanol–water partition coefficient (Wildman–Crippen LogP) is 10.3. The van der Waals surface area contributed by atoms with Crippen molar-refractivity contribution in [3.05, 3.63) is 79.4 Å². The molecule has 0 unspecified atom stereocenters. The molecule has 0 amide bonds. The number of rotatable bonds is 26. The molecule has 0 saturated heterocycles. The molecule has 18 heteroatoms. The van der Waals surface area contributed by atoms with Gasteiger partial charge in [-0.3, -0.25) is 28.5 Å². The highest BCUT2D eigenvalue weighted by atomic mass is 32.2. The molecule has 0 spiro atoms. The lowest BCUT2D eigenvalue weighted by molar-refractivity contribution is -0.387. The van der Waals surface area contributed by atoms with Crippen LogP contribution >= 0.6 is 0 Å². The Morgan fingerprint density at radius 2 is 0.956 bits per heavy atom. The number of nitrogens with two attached hydrogens (primary N) is 2. The molecule has 0 aliphatic heterocycles. The van der Waals surface area contributed by atoms with Gasteiger partial charge in [0.25, 0.3) is 16.8 Å². The van der Waals surface area contributed by atoms with E-state index in [-0.39, 0.29) is 49.2 Å². The van der Waals surface area contributed by atoms with Crippen LogP contribution in [0.2, 0.25) is 0 Å². The fourth-order valence-corrected chi connectivity index (χ4v) is 12.4. The number of aromatic nitrogens is 4. The third kappa shape index (κ3) is 9.44. The molecule has 4 aromatic heterocycles. The zero-order valence-electron chi connectivity index (χ0n) is 39.1. The van der Waals surface area contributed by atoms with Crippen LogP contribution in [0.1, 0.15) is 142 Å². The van der Waals surface area contributed by atoms with Crippen LogP contribution in [0.3, 0.4) is 0 Å². The maximum Gasteiger partial charge on any atom is 0.291 e. The number of benzene rings is 4. The summed E-state index contributed by atoms with van der Waals surface area (Å²) < 4.78 is 58.5. The molecule has 0 bridgehead atoms. The molecule has 4 N–H and O–H groups in total. The monoisotopic (exact) mass is 966 g/mol. The number of imidazole rings is 2. The van der Waals surface area contributed by atoms with Crippen molar-refractivity contribution in [2.45, 2.75) is 152 Å². The van der Waals surface area contributed by atoms with E-state index in [0.717, 1.165) is 63.5 Å². The Morgan fingerprint density at radius 3 is 1.37 bits per heavy atom. The summed E-state index contributed by atoms with van der Waals surface area (Å²) in [6.07, 6.45) is 22.6. The third-order valence-corrected chi connectivity index (χ3v) is 16.6. The van der Waals surface area contributed by atoms with E-state index in [4.69, 9.17) is 15.9 Å². The first-order chi connectivity index (χ1) is 32.7. The Hall–Kier alpha value is -5.56. The van der Waals surface area contributed by atoms with Gasteiger partial charge in [0.1, 0.15) is 16.2 Å². The first-order valence-electron chi connectivity index (χ1n) is 24.4. The van der Waals surface area contributed by atoms with Gasteiger partial charge < -0.3 is 5.73 Å². The topological polar surface area (TPSA) is 235 Å². The SMILES string of the molecule is CCCCCCCCCCCCN(CCCCCCCCCCCC)S(=O)(=O)c1cc2c(cc1N)nc1c3ccc4c(=O)n5c6cc(S(N)(=O)=O)c([N+](=O)[O-])cc6nc5c5ccc(c(=O)n21)c3c45. The summed E-state index contributed by atoms with van der Waals surface area (Å²) in [4.78, 5) is 48.6. The van der Waals surface area contributed by atoms with E-state index in [1.54, 1.807) is 28.6 Å². The van der Waals surface area contributed by atoms with Gasteiger partial charge in [-0.15, -0.1) is 0 Å². The molecular formula is C50H62N8O8S2. The number of primary sulfonamides is 1. The highest BCUT2D eigenvalue weighted by Crippen LogP contribution is 2.39. The quantitative estimate of drug-likeness (QED) is 0.0170. The molecule has 16 nitrogen and oxygen atoms in total. The van der Waals surface area contributed by atoms with Gasteiger partial charge in [-0.25, -0.2) is 31.9 Å². The Morgan fingerprint density at radius 1 is 0.574 bits per heavy atom. The number of hydrogen-bond donors (Lipinski definition) is 2. The van der Waals surface area contributed by atoms with Crippen LogP contribution in [0, 0.1) is 10.1 Å². The van der Waals surface area contributed by atoms with Crippen LogP contribution in [0.5, 0.6) is 0 Å². The van der Waals surface area contributed by atoms with Gasteiger partial charge >= 0.3 is 0 Å². The Kier molecular flexibility index (Phi) is 14.8. The van der Waals surface area contributed by atoms with Crippen LogP contribution in [-0.2, 0) is 20.0 Å². The molecule has 0 aliphatic rings. The average molecular weight is 967 g/mol. The number of sulfonamides is 2. The lowest BCUT2D eigenvalue weighted by atomic mass is 9.96. The summed E-state index contributed by atoms with van der Waals surface area (Å²) in [6.45, 7) is 5.18.